The third kappa shape index (κ3) is 11.2. The number of aliphatic hydroxyl groups excluding tert-OH is 1. The molecule has 10 nitrogen and oxygen atoms in total. The predicted molar refractivity (Wildman–Crippen MR) is 187 cm³/mol. The quantitative estimate of drug-likeness (QED) is 0.158. The van der Waals surface area contributed by atoms with Crippen LogP contribution in [0, 0.1) is 11.8 Å². The molecule has 0 aromatic heterocycles. The van der Waals surface area contributed by atoms with E-state index in [1.165, 1.54) is 32.1 Å². The molecule has 2 aliphatic rings. The zero-order valence-corrected chi connectivity index (χ0v) is 28.5. The third-order valence-electron chi connectivity index (χ3n) is 9.53. The van der Waals surface area contributed by atoms with Gasteiger partial charge in [0.1, 0.15) is 11.9 Å². The molecule has 47 heavy (non-hydrogen) atoms. The SMILES string of the molecule is C[C@H]1CN([C@@H](C)CO)C(=O)Cc2cc(NC(=O)CCCCCC(=O)Nc3ccccc3N)ccc2O[C@H]1CN(C)CC1CCCCC1. The molecule has 3 amide bonds. The summed E-state index contributed by atoms with van der Waals surface area (Å²) < 4.78 is 6.68. The Bertz CT molecular complexity index is 1330. The van der Waals surface area contributed by atoms with Gasteiger partial charge in [0.2, 0.25) is 17.7 Å². The molecule has 3 atom stereocenters. The molecule has 0 bridgehead atoms. The summed E-state index contributed by atoms with van der Waals surface area (Å²) in [5.74, 6) is 1.14. The number of benzene rings is 2. The Morgan fingerprint density at radius 3 is 2.43 bits per heavy atom. The number of nitrogen functional groups attached to an aromatic ring is 1. The van der Waals surface area contributed by atoms with Gasteiger partial charge in [-0.25, -0.2) is 0 Å². The summed E-state index contributed by atoms with van der Waals surface area (Å²) in [5, 5.41) is 15.8. The number of nitrogens with two attached hydrogens (primary N) is 1. The van der Waals surface area contributed by atoms with Gasteiger partial charge in [0.05, 0.1) is 30.4 Å². The van der Waals surface area contributed by atoms with Crippen molar-refractivity contribution in [3.05, 3.63) is 48.0 Å². The highest BCUT2D eigenvalue weighted by Gasteiger charge is 2.31. The van der Waals surface area contributed by atoms with Crippen LogP contribution in [0.3, 0.4) is 0 Å². The minimum absolute atomic E-state index is 0.0506. The van der Waals surface area contributed by atoms with E-state index in [1.54, 1.807) is 17.0 Å². The molecule has 10 heteroatoms. The number of likely N-dealkylation sites (N-methyl/N-ethyl adjacent to an activating group) is 1. The topological polar surface area (TPSA) is 137 Å². The number of fused-ring (bicyclic) bond motifs is 1. The summed E-state index contributed by atoms with van der Waals surface area (Å²) in [5.41, 5.74) is 8.37. The summed E-state index contributed by atoms with van der Waals surface area (Å²) in [6.07, 6.45) is 9.23. The van der Waals surface area contributed by atoms with Crippen LogP contribution in [-0.4, -0.2) is 78.1 Å². The highest BCUT2D eigenvalue weighted by Crippen LogP contribution is 2.30. The van der Waals surface area contributed by atoms with Crippen LogP contribution >= 0.6 is 0 Å². The molecule has 0 spiro atoms. The van der Waals surface area contributed by atoms with Crippen molar-refractivity contribution in [3.8, 4) is 5.75 Å². The van der Waals surface area contributed by atoms with Crippen molar-refractivity contribution in [2.75, 3.05) is 49.7 Å². The third-order valence-corrected chi connectivity index (χ3v) is 9.53. The van der Waals surface area contributed by atoms with Gasteiger partial charge >= 0.3 is 0 Å². The molecule has 2 aromatic carbocycles. The molecule has 1 aliphatic heterocycles. The number of amides is 3. The Labute approximate surface area is 280 Å². The molecule has 4 rings (SSSR count). The Balaban J connectivity index is 1.34. The van der Waals surface area contributed by atoms with E-state index in [2.05, 4.69) is 29.5 Å². The van der Waals surface area contributed by atoms with Gasteiger partial charge < -0.3 is 36.0 Å². The summed E-state index contributed by atoms with van der Waals surface area (Å²) in [6, 6.07) is 12.4. The van der Waals surface area contributed by atoms with Crippen molar-refractivity contribution in [1.82, 2.24) is 9.80 Å². The Morgan fingerprint density at radius 1 is 1.02 bits per heavy atom. The lowest BCUT2D eigenvalue weighted by Gasteiger charge is -2.35. The molecule has 1 fully saturated rings. The maximum absolute atomic E-state index is 13.6. The van der Waals surface area contributed by atoms with Crippen molar-refractivity contribution < 1.29 is 24.2 Å². The Morgan fingerprint density at radius 2 is 1.72 bits per heavy atom. The lowest BCUT2D eigenvalue weighted by Crippen LogP contribution is -2.48. The highest BCUT2D eigenvalue weighted by atomic mass is 16.5. The van der Waals surface area contributed by atoms with Crippen molar-refractivity contribution in [2.24, 2.45) is 11.8 Å². The second kappa shape index (κ2) is 18.1. The number of carbonyl (C=O) groups excluding carboxylic acids is 3. The van der Waals surface area contributed by atoms with Crippen molar-refractivity contribution in [2.45, 2.75) is 96.6 Å². The van der Waals surface area contributed by atoms with E-state index in [1.807, 2.05) is 37.3 Å². The second-order valence-corrected chi connectivity index (χ2v) is 13.7. The van der Waals surface area contributed by atoms with Gasteiger partial charge in [0.15, 0.2) is 0 Å². The fraction of sp³-hybridized carbons (Fsp3) is 0.595. The summed E-state index contributed by atoms with van der Waals surface area (Å²) in [7, 11) is 2.16. The molecule has 0 saturated heterocycles. The molecule has 5 N–H and O–H groups in total. The van der Waals surface area contributed by atoms with Crippen LogP contribution in [0.5, 0.6) is 5.75 Å². The van der Waals surface area contributed by atoms with E-state index in [0.717, 1.165) is 25.1 Å². The summed E-state index contributed by atoms with van der Waals surface area (Å²) >= 11 is 0. The van der Waals surface area contributed by atoms with Crippen molar-refractivity contribution >= 4 is 34.8 Å². The average molecular weight is 650 g/mol. The Kier molecular flexibility index (Phi) is 13.9. The molecule has 0 unspecified atom stereocenters. The average Bonchev–Trinajstić information content (AvgIpc) is 3.09. The van der Waals surface area contributed by atoms with E-state index in [9.17, 15) is 19.5 Å². The fourth-order valence-corrected chi connectivity index (χ4v) is 6.71. The number of aliphatic hydroxyl groups is 1. The normalized spacial score (nSPS) is 19.6. The first-order valence-corrected chi connectivity index (χ1v) is 17.5. The fourth-order valence-electron chi connectivity index (χ4n) is 6.71. The standard InChI is InChI=1S/C37H55N5O5/c1-26-22-42(27(2)25-43)37(46)21-29-20-30(18-19-33(29)47-34(26)24-41(3)23-28-12-6-4-7-13-28)39-35(44)16-8-5-9-17-36(45)40-32-15-11-10-14-31(32)38/h10-11,14-15,18-20,26-28,34,43H,4-9,12-13,16-17,21-25,38H2,1-3H3,(H,39,44)(H,40,45)/t26-,27-,34-/m0/s1. The van der Waals surface area contributed by atoms with Crippen LogP contribution in [0.1, 0.15) is 83.6 Å². The van der Waals surface area contributed by atoms with Crippen LogP contribution in [0.25, 0.3) is 0 Å². The number of nitrogens with zero attached hydrogens (tertiary/aromatic N) is 2. The lowest BCUT2D eigenvalue weighted by atomic mass is 9.89. The first-order chi connectivity index (χ1) is 22.6. The van der Waals surface area contributed by atoms with Gasteiger partial charge in [-0.05, 0) is 75.9 Å². The molecular weight excluding hydrogens is 594 g/mol. The van der Waals surface area contributed by atoms with Gasteiger partial charge in [-0.2, -0.15) is 0 Å². The Hall–Kier alpha value is -3.63. The van der Waals surface area contributed by atoms with Gasteiger partial charge in [-0.3, -0.25) is 14.4 Å². The molecular formula is C37H55N5O5. The minimum atomic E-state index is -0.308. The van der Waals surface area contributed by atoms with E-state index in [0.29, 0.717) is 61.0 Å². The first-order valence-electron chi connectivity index (χ1n) is 17.5. The minimum Gasteiger partial charge on any atom is -0.488 e. The number of hydrogen-bond donors (Lipinski definition) is 4. The maximum atomic E-state index is 13.6. The van der Waals surface area contributed by atoms with E-state index < -0.39 is 0 Å². The molecule has 1 saturated carbocycles. The van der Waals surface area contributed by atoms with Crippen LogP contribution < -0.4 is 21.1 Å². The summed E-state index contributed by atoms with van der Waals surface area (Å²) in [6.45, 7) is 6.16. The van der Waals surface area contributed by atoms with Gasteiger partial charge in [0, 0.05) is 49.6 Å². The number of hydrogen-bond acceptors (Lipinski definition) is 7. The van der Waals surface area contributed by atoms with Gasteiger partial charge in [0.25, 0.3) is 0 Å². The number of carbonyl (C=O) groups is 3. The predicted octanol–water partition coefficient (Wildman–Crippen LogP) is 5.46. The number of ether oxygens (including phenoxy) is 1. The van der Waals surface area contributed by atoms with Crippen molar-refractivity contribution in [3.63, 3.8) is 0 Å². The van der Waals surface area contributed by atoms with E-state index >= 15 is 0 Å². The first kappa shape index (κ1) is 36.2. The summed E-state index contributed by atoms with van der Waals surface area (Å²) in [4.78, 5) is 42.8. The zero-order valence-electron chi connectivity index (χ0n) is 28.5. The van der Waals surface area contributed by atoms with E-state index in [-0.39, 0.29) is 48.8 Å². The number of nitrogens with one attached hydrogen (secondary N) is 2. The van der Waals surface area contributed by atoms with Crippen LogP contribution in [0.15, 0.2) is 42.5 Å². The van der Waals surface area contributed by atoms with E-state index in [4.69, 9.17) is 10.5 Å². The van der Waals surface area contributed by atoms with Gasteiger partial charge in [-0.15, -0.1) is 0 Å². The zero-order chi connectivity index (χ0) is 33.8. The highest BCUT2D eigenvalue weighted by molar-refractivity contribution is 5.94. The van der Waals surface area contributed by atoms with Crippen molar-refractivity contribution in [1.29, 1.82) is 0 Å². The molecule has 0 radical (unpaired) electrons. The molecule has 258 valence electrons. The molecule has 2 aromatic rings. The monoisotopic (exact) mass is 649 g/mol. The van der Waals surface area contributed by atoms with Crippen LogP contribution in [0.4, 0.5) is 17.1 Å². The number of para-hydroxylation sites is 2. The number of unbranched alkanes of at least 4 members (excludes halogenated alkanes) is 2. The van der Waals surface area contributed by atoms with Crippen LogP contribution in [-0.2, 0) is 20.8 Å². The number of rotatable bonds is 14. The van der Waals surface area contributed by atoms with Crippen LogP contribution in [0.2, 0.25) is 0 Å². The van der Waals surface area contributed by atoms with Gasteiger partial charge in [-0.1, -0.05) is 44.7 Å². The second-order valence-electron chi connectivity index (χ2n) is 13.7. The smallest absolute Gasteiger partial charge is 0.227 e. The largest absolute Gasteiger partial charge is 0.488 e. The number of anilines is 3. The maximum Gasteiger partial charge on any atom is 0.227 e. The lowest BCUT2D eigenvalue weighted by molar-refractivity contribution is -0.134. The molecule has 1 aliphatic carbocycles. The molecule has 1 heterocycles.